The zero-order valence-corrected chi connectivity index (χ0v) is 26.4. The van der Waals surface area contributed by atoms with Gasteiger partial charge in [-0.1, -0.05) is 17.7 Å². The van der Waals surface area contributed by atoms with Gasteiger partial charge < -0.3 is 10.2 Å². The normalized spacial score (nSPS) is 21.8. The smallest absolute Gasteiger partial charge is 0.285 e. The number of piperidine rings is 1. The van der Waals surface area contributed by atoms with E-state index >= 15 is 0 Å². The number of hydrogen-bond acceptors (Lipinski definition) is 9. The second-order valence-corrected chi connectivity index (χ2v) is 14.5. The monoisotopic (exact) mass is 636 g/mol. The van der Waals surface area contributed by atoms with Crippen LogP contribution in [0.15, 0.2) is 41.5 Å². The van der Waals surface area contributed by atoms with Crippen molar-refractivity contribution < 1.29 is 13.2 Å². The van der Waals surface area contributed by atoms with E-state index in [2.05, 4.69) is 32.6 Å². The van der Waals surface area contributed by atoms with E-state index < -0.39 is 22.0 Å². The predicted molar refractivity (Wildman–Crippen MR) is 168 cm³/mol. The number of nitrogens with one attached hydrogen (secondary N) is 2. The topological polar surface area (TPSA) is 144 Å². The van der Waals surface area contributed by atoms with Gasteiger partial charge in [0.15, 0.2) is 5.69 Å². The van der Waals surface area contributed by atoms with Crippen molar-refractivity contribution in [2.24, 2.45) is 25.9 Å². The molecule has 0 bridgehead atoms. The van der Waals surface area contributed by atoms with Crippen molar-refractivity contribution >= 4 is 50.1 Å². The summed E-state index contributed by atoms with van der Waals surface area (Å²) in [5.74, 6) is 1.61. The number of aromatic nitrogens is 5. The Hall–Kier alpha value is -3.97. The van der Waals surface area contributed by atoms with Crippen LogP contribution in [-0.2, 0) is 24.1 Å². The number of fused-ring (bicyclic) bond motifs is 2. The van der Waals surface area contributed by atoms with Gasteiger partial charge in [-0.25, -0.2) is 23.1 Å². The number of nitrogens with zero attached hydrogens (tertiary/aromatic N) is 6. The number of benzene rings is 1. The van der Waals surface area contributed by atoms with Crippen molar-refractivity contribution in [2.75, 3.05) is 29.6 Å². The fourth-order valence-electron chi connectivity index (χ4n) is 6.73. The summed E-state index contributed by atoms with van der Waals surface area (Å²) in [5, 5.41) is 8.25. The Kier molecular flexibility index (Phi) is 6.74. The van der Waals surface area contributed by atoms with Crippen LogP contribution in [0, 0.1) is 11.8 Å². The lowest BCUT2D eigenvalue weighted by atomic mass is 9.98. The molecule has 4 atom stereocenters. The van der Waals surface area contributed by atoms with Gasteiger partial charge >= 0.3 is 0 Å². The Bertz CT molecular complexity index is 1990. The Morgan fingerprint density at radius 1 is 1.09 bits per heavy atom. The van der Waals surface area contributed by atoms with E-state index in [9.17, 15) is 18.0 Å². The number of halogens is 1. The molecule has 0 spiro atoms. The molecule has 1 amide bonds. The van der Waals surface area contributed by atoms with E-state index in [4.69, 9.17) is 16.6 Å². The molecule has 2 N–H and O–H groups in total. The molecule has 1 aromatic carbocycles. The second kappa shape index (κ2) is 10.3. The van der Waals surface area contributed by atoms with Crippen molar-refractivity contribution in [3.63, 3.8) is 0 Å². The third kappa shape index (κ3) is 5.21. The first-order chi connectivity index (χ1) is 20.9. The molecule has 0 radical (unpaired) electrons. The highest BCUT2D eigenvalue weighted by molar-refractivity contribution is 7.89. The van der Waals surface area contributed by atoms with E-state index in [1.54, 1.807) is 17.7 Å². The highest BCUT2D eigenvalue weighted by Gasteiger charge is 2.57. The summed E-state index contributed by atoms with van der Waals surface area (Å²) in [6.07, 6.45) is 7.05. The minimum Gasteiger partial charge on any atom is -0.377 e. The first-order valence-corrected chi connectivity index (χ1v) is 16.9. The van der Waals surface area contributed by atoms with Gasteiger partial charge in [-0.15, -0.1) is 0 Å². The van der Waals surface area contributed by atoms with Crippen LogP contribution in [0.3, 0.4) is 0 Å². The molecular weight excluding hydrogens is 604 g/mol. The molecule has 1 aliphatic heterocycles. The molecule has 12 nitrogen and oxygen atoms in total. The summed E-state index contributed by atoms with van der Waals surface area (Å²) in [5.41, 5.74) is 3.80. The fourth-order valence-corrected chi connectivity index (χ4v) is 7.31. The lowest BCUT2D eigenvalue weighted by molar-refractivity contribution is 0.0977. The number of pyridine rings is 1. The Morgan fingerprint density at radius 3 is 2.45 bits per heavy atom. The van der Waals surface area contributed by atoms with E-state index in [1.165, 1.54) is 11.6 Å². The van der Waals surface area contributed by atoms with Gasteiger partial charge in [0.25, 0.3) is 11.5 Å². The van der Waals surface area contributed by atoms with E-state index in [-0.39, 0.29) is 16.4 Å². The molecule has 3 aliphatic rings. The van der Waals surface area contributed by atoms with E-state index in [0.29, 0.717) is 46.2 Å². The Morgan fingerprint density at radius 2 is 1.82 bits per heavy atom. The van der Waals surface area contributed by atoms with Crippen molar-refractivity contribution in [1.29, 1.82) is 0 Å². The van der Waals surface area contributed by atoms with E-state index in [1.807, 2.05) is 35.6 Å². The highest BCUT2D eigenvalue weighted by Crippen LogP contribution is 2.58. The number of hydrogen-bond donors (Lipinski definition) is 2. The number of carbonyl (C=O) groups excluding carboxylic acids is 1. The molecule has 4 aromatic rings. The van der Waals surface area contributed by atoms with Crippen LogP contribution >= 0.6 is 11.6 Å². The minimum absolute atomic E-state index is 0.0484. The molecule has 7 rings (SSSR count). The summed E-state index contributed by atoms with van der Waals surface area (Å²) < 4.78 is 29.0. The average molecular weight is 637 g/mol. The van der Waals surface area contributed by atoms with Gasteiger partial charge in [0.05, 0.1) is 35.1 Å². The van der Waals surface area contributed by atoms with Crippen LogP contribution in [0.1, 0.15) is 64.8 Å². The number of rotatable bonds is 8. The van der Waals surface area contributed by atoms with E-state index in [0.717, 1.165) is 43.3 Å². The van der Waals surface area contributed by atoms with Crippen LogP contribution in [0.25, 0.3) is 10.9 Å². The maximum absolute atomic E-state index is 13.9. The quantitative estimate of drug-likeness (QED) is 0.278. The standard InChI is InChI=1S/C30H33ClN8O4S/c1-15(33-23-7-8-24(31)34-27(23)28(40)36-44(4,42)43)19-9-17(16-5-6-16)10-20-26(19)35-30(38(3)29(20)41)39-13-21-22(14-39)25(21)18-11-32-37(2)12-18/h7-12,15-16,21-22,25,33H,5-6,13-14H2,1-4H3,(H,36,40)/t15-,21-,22+,25?/m1/s1. The molecular formula is C30H33ClN8O4S. The number of anilines is 2. The lowest BCUT2D eigenvalue weighted by Crippen LogP contribution is -2.32. The number of amides is 1. The third-order valence-electron chi connectivity index (χ3n) is 9.04. The molecule has 2 saturated carbocycles. The van der Waals surface area contributed by atoms with Crippen molar-refractivity contribution in [1.82, 2.24) is 29.0 Å². The fraction of sp³-hybridized carbons (Fsp3) is 0.433. The maximum Gasteiger partial charge on any atom is 0.285 e. The van der Waals surface area contributed by atoms with Crippen molar-refractivity contribution in [2.45, 2.75) is 37.6 Å². The van der Waals surface area contributed by atoms with Crippen LogP contribution in [0.4, 0.5) is 11.6 Å². The van der Waals surface area contributed by atoms with Gasteiger partial charge in [-0.2, -0.15) is 5.10 Å². The largest absolute Gasteiger partial charge is 0.377 e. The number of carbonyl (C=O) groups is 1. The van der Waals surface area contributed by atoms with Gasteiger partial charge in [0.1, 0.15) is 5.15 Å². The lowest BCUT2D eigenvalue weighted by Gasteiger charge is -2.25. The Balaban J connectivity index is 1.24. The molecule has 44 heavy (non-hydrogen) atoms. The summed E-state index contributed by atoms with van der Waals surface area (Å²) in [7, 11) is -0.114. The maximum atomic E-state index is 13.9. The minimum atomic E-state index is -3.83. The number of aryl methyl sites for hydroxylation is 1. The summed E-state index contributed by atoms with van der Waals surface area (Å²) in [6.45, 7) is 3.55. The molecule has 3 aromatic heterocycles. The van der Waals surface area contributed by atoms with Gasteiger partial charge in [-0.3, -0.25) is 18.8 Å². The molecule has 2 aliphatic carbocycles. The summed E-state index contributed by atoms with van der Waals surface area (Å²) in [4.78, 5) is 38.1. The zero-order valence-electron chi connectivity index (χ0n) is 24.8. The van der Waals surface area contributed by atoms with Gasteiger partial charge in [0.2, 0.25) is 16.0 Å². The molecule has 230 valence electrons. The SMILES string of the molecule is C[C@@H](Nc1ccc(Cl)nc1C(=O)NS(C)(=O)=O)c1cc(C2CC2)cc2c(=O)n(C)c(N3C[C@@H]4C(c5cnn(C)c5)[C@@H]4C3)nc12. The molecule has 3 fully saturated rings. The molecule has 1 saturated heterocycles. The van der Waals surface area contributed by atoms with Crippen LogP contribution in [0.2, 0.25) is 5.15 Å². The van der Waals surface area contributed by atoms with Gasteiger partial charge in [-0.05, 0) is 72.8 Å². The molecule has 1 unspecified atom stereocenters. The van der Waals surface area contributed by atoms with Crippen molar-refractivity contribution in [3.8, 4) is 0 Å². The first kappa shape index (κ1) is 28.8. The third-order valence-corrected chi connectivity index (χ3v) is 9.80. The van der Waals surface area contributed by atoms with Crippen LogP contribution < -0.4 is 20.5 Å². The first-order valence-electron chi connectivity index (χ1n) is 14.6. The average Bonchev–Trinajstić information content (AvgIpc) is 3.84. The predicted octanol–water partition coefficient (Wildman–Crippen LogP) is 3.31. The zero-order chi connectivity index (χ0) is 31.1. The van der Waals surface area contributed by atoms with Crippen LogP contribution in [-0.4, -0.2) is 58.0 Å². The molecule has 14 heteroatoms. The second-order valence-electron chi connectivity index (χ2n) is 12.4. The Labute approximate surface area is 259 Å². The summed E-state index contributed by atoms with van der Waals surface area (Å²) >= 11 is 6.07. The van der Waals surface area contributed by atoms with Gasteiger partial charge in [0, 0.05) is 38.9 Å². The highest BCUT2D eigenvalue weighted by atomic mass is 35.5. The number of sulfonamides is 1. The van der Waals surface area contributed by atoms with Crippen LogP contribution in [0.5, 0.6) is 0 Å². The summed E-state index contributed by atoms with van der Waals surface area (Å²) in [6, 6.07) is 6.75. The molecule has 4 heterocycles. The van der Waals surface area contributed by atoms with Crippen molar-refractivity contribution in [3.05, 3.63) is 74.6 Å².